The topological polar surface area (TPSA) is 77.1 Å². The Bertz CT molecular complexity index is 1020. The fourth-order valence-electron chi connectivity index (χ4n) is 4.40. The minimum atomic E-state index is -0.385. The summed E-state index contributed by atoms with van der Waals surface area (Å²) in [5.41, 5.74) is 2.96. The van der Waals surface area contributed by atoms with Crippen LogP contribution in [0.3, 0.4) is 0 Å². The maximum atomic E-state index is 12.9. The smallest absolute Gasteiger partial charge is 0.227 e. The summed E-state index contributed by atoms with van der Waals surface area (Å²) in [6, 6.07) is 11.4. The lowest BCUT2D eigenvalue weighted by Gasteiger charge is -2.23. The van der Waals surface area contributed by atoms with Crippen molar-refractivity contribution in [3.8, 4) is 17.2 Å². The number of anilines is 1. The summed E-state index contributed by atoms with van der Waals surface area (Å²) >= 11 is 0. The SMILES string of the molecule is C[C@@H](NC(=O)[C@H]1CC(=O)N(c2ccc3c(c2)OCCO3)C1)c1ccc2c(c1)CCCO2. The number of carbonyl (C=O) groups is 2. The van der Waals surface area contributed by atoms with Crippen LogP contribution in [0.4, 0.5) is 5.69 Å². The van der Waals surface area contributed by atoms with Crippen molar-refractivity contribution in [1.82, 2.24) is 5.32 Å². The highest BCUT2D eigenvalue weighted by Gasteiger charge is 2.36. The molecule has 2 aromatic carbocycles. The molecule has 1 saturated heterocycles. The lowest BCUT2D eigenvalue weighted by Crippen LogP contribution is -2.34. The molecule has 7 nitrogen and oxygen atoms in total. The molecular formula is C24H26N2O5. The zero-order valence-electron chi connectivity index (χ0n) is 17.6. The first-order valence-corrected chi connectivity index (χ1v) is 10.8. The molecule has 0 aliphatic carbocycles. The van der Waals surface area contributed by atoms with Crippen LogP contribution < -0.4 is 24.4 Å². The van der Waals surface area contributed by atoms with E-state index in [0.29, 0.717) is 31.3 Å². The molecule has 0 saturated carbocycles. The van der Waals surface area contributed by atoms with Crippen LogP contribution in [0.1, 0.15) is 36.9 Å². The molecule has 162 valence electrons. The molecule has 31 heavy (non-hydrogen) atoms. The zero-order chi connectivity index (χ0) is 21.4. The molecule has 0 radical (unpaired) electrons. The van der Waals surface area contributed by atoms with Crippen LogP contribution in [0, 0.1) is 5.92 Å². The van der Waals surface area contributed by atoms with Crippen molar-refractivity contribution in [2.75, 3.05) is 31.3 Å². The maximum Gasteiger partial charge on any atom is 0.227 e. The molecule has 2 aromatic rings. The van der Waals surface area contributed by atoms with Crippen LogP contribution in [0.5, 0.6) is 17.2 Å². The van der Waals surface area contributed by atoms with Gasteiger partial charge in [0.05, 0.1) is 18.6 Å². The van der Waals surface area contributed by atoms with Crippen molar-refractivity contribution in [2.24, 2.45) is 5.92 Å². The van der Waals surface area contributed by atoms with Crippen molar-refractivity contribution in [2.45, 2.75) is 32.2 Å². The van der Waals surface area contributed by atoms with Gasteiger partial charge in [0.1, 0.15) is 19.0 Å². The van der Waals surface area contributed by atoms with Gasteiger partial charge in [0.15, 0.2) is 11.5 Å². The van der Waals surface area contributed by atoms with E-state index < -0.39 is 0 Å². The predicted molar refractivity (Wildman–Crippen MR) is 115 cm³/mol. The van der Waals surface area contributed by atoms with Gasteiger partial charge in [-0.15, -0.1) is 0 Å². The lowest BCUT2D eigenvalue weighted by molar-refractivity contribution is -0.126. The molecule has 0 unspecified atom stereocenters. The van der Waals surface area contributed by atoms with Crippen molar-refractivity contribution in [3.63, 3.8) is 0 Å². The van der Waals surface area contributed by atoms with Crippen LogP contribution in [0.15, 0.2) is 36.4 Å². The molecule has 0 bridgehead atoms. The van der Waals surface area contributed by atoms with E-state index in [-0.39, 0.29) is 30.2 Å². The van der Waals surface area contributed by atoms with Gasteiger partial charge < -0.3 is 24.4 Å². The van der Waals surface area contributed by atoms with E-state index in [1.165, 1.54) is 5.56 Å². The van der Waals surface area contributed by atoms with Crippen molar-refractivity contribution in [1.29, 1.82) is 0 Å². The second-order valence-electron chi connectivity index (χ2n) is 8.28. The molecule has 3 aliphatic heterocycles. The fraction of sp³-hybridized carbons (Fsp3) is 0.417. The summed E-state index contributed by atoms with van der Waals surface area (Å²) in [7, 11) is 0. The highest BCUT2D eigenvalue weighted by Crippen LogP contribution is 2.36. The van der Waals surface area contributed by atoms with E-state index in [0.717, 1.165) is 36.4 Å². The highest BCUT2D eigenvalue weighted by atomic mass is 16.6. The molecule has 0 spiro atoms. The number of fused-ring (bicyclic) bond motifs is 2. The monoisotopic (exact) mass is 422 g/mol. The van der Waals surface area contributed by atoms with E-state index in [1.807, 2.05) is 37.3 Å². The average Bonchev–Trinajstić information content (AvgIpc) is 3.20. The van der Waals surface area contributed by atoms with Gasteiger partial charge in [-0.1, -0.05) is 12.1 Å². The molecule has 1 N–H and O–H groups in total. The number of ether oxygens (including phenoxy) is 3. The second-order valence-corrected chi connectivity index (χ2v) is 8.28. The number of rotatable bonds is 4. The maximum absolute atomic E-state index is 12.9. The third-order valence-corrected chi connectivity index (χ3v) is 6.12. The Hall–Kier alpha value is -3.22. The van der Waals surface area contributed by atoms with Crippen LogP contribution in [0.25, 0.3) is 0 Å². The minimum Gasteiger partial charge on any atom is -0.493 e. The number of carbonyl (C=O) groups excluding carboxylic acids is 2. The molecule has 0 aromatic heterocycles. The fourth-order valence-corrected chi connectivity index (χ4v) is 4.40. The molecule has 3 heterocycles. The molecule has 2 amide bonds. The Kier molecular flexibility index (Phi) is 5.18. The van der Waals surface area contributed by atoms with Crippen LogP contribution >= 0.6 is 0 Å². The third kappa shape index (κ3) is 3.92. The van der Waals surface area contributed by atoms with Gasteiger partial charge in [0.2, 0.25) is 11.8 Å². The normalized spacial score (nSPS) is 20.6. The van der Waals surface area contributed by atoms with E-state index in [2.05, 4.69) is 11.4 Å². The second kappa shape index (κ2) is 8.13. The summed E-state index contributed by atoms with van der Waals surface area (Å²) < 4.78 is 16.8. The first kappa shape index (κ1) is 19.7. The van der Waals surface area contributed by atoms with Gasteiger partial charge in [0, 0.05) is 24.7 Å². The van der Waals surface area contributed by atoms with E-state index in [9.17, 15) is 9.59 Å². The number of aryl methyl sites for hydroxylation is 1. The lowest BCUT2D eigenvalue weighted by atomic mass is 9.99. The van der Waals surface area contributed by atoms with Gasteiger partial charge in [0.25, 0.3) is 0 Å². The average molecular weight is 422 g/mol. The van der Waals surface area contributed by atoms with E-state index >= 15 is 0 Å². The van der Waals surface area contributed by atoms with Gasteiger partial charge in [-0.2, -0.15) is 0 Å². The van der Waals surface area contributed by atoms with Crippen molar-refractivity contribution < 1.29 is 23.8 Å². The van der Waals surface area contributed by atoms with Gasteiger partial charge in [-0.25, -0.2) is 0 Å². The Balaban J connectivity index is 1.25. The Morgan fingerprint density at radius 2 is 1.81 bits per heavy atom. The predicted octanol–water partition coefficient (Wildman–Crippen LogP) is 3.01. The number of amides is 2. The van der Waals surface area contributed by atoms with Crippen LogP contribution in [-0.4, -0.2) is 38.2 Å². The van der Waals surface area contributed by atoms with Crippen LogP contribution in [-0.2, 0) is 16.0 Å². The zero-order valence-corrected chi connectivity index (χ0v) is 17.6. The number of hydrogen-bond donors (Lipinski definition) is 1. The molecule has 7 heteroatoms. The van der Waals surface area contributed by atoms with Gasteiger partial charge in [-0.3, -0.25) is 9.59 Å². The third-order valence-electron chi connectivity index (χ3n) is 6.12. The number of nitrogens with zero attached hydrogens (tertiary/aromatic N) is 1. The minimum absolute atomic E-state index is 0.0598. The Morgan fingerprint density at radius 1 is 1.03 bits per heavy atom. The molecular weight excluding hydrogens is 396 g/mol. The summed E-state index contributed by atoms with van der Waals surface area (Å²) in [6.45, 7) is 4.09. The van der Waals surface area contributed by atoms with Crippen molar-refractivity contribution in [3.05, 3.63) is 47.5 Å². The molecule has 2 atom stereocenters. The summed E-state index contributed by atoms with van der Waals surface area (Å²) in [5.74, 6) is 1.70. The molecule has 1 fully saturated rings. The quantitative estimate of drug-likeness (QED) is 0.820. The number of benzene rings is 2. The molecule has 5 rings (SSSR count). The standard InChI is InChI=1S/C24H26N2O5/c1-15(16-4-6-20-17(11-16)3-2-8-29-20)25-24(28)18-12-23(27)26(14-18)19-5-7-21-22(13-19)31-10-9-30-21/h4-7,11,13,15,18H,2-3,8-10,12,14H2,1H3,(H,25,28)/t15-,18+/m1/s1. The summed E-state index contributed by atoms with van der Waals surface area (Å²) in [5, 5.41) is 3.08. The van der Waals surface area contributed by atoms with Crippen LogP contribution in [0.2, 0.25) is 0 Å². The first-order chi connectivity index (χ1) is 15.1. The van der Waals surface area contributed by atoms with E-state index in [1.54, 1.807) is 4.90 Å². The summed E-state index contributed by atoms with van der Waals surface area (Å²) in [6.07, 6.45) is 2.20. The van der Waals surface area contributed by atoms with Gasteiger partial charge >= 0.3 is 0 Å². The summed E-state index contributed by atoms with van der Waals surface area (Å²) in [4.78, 5) is 27.2. The van der Waals surface area contributed by atoms with Gasteiger partial charge in [-0.05, 0) is 49.1 Å². The highest BCUT2D eigenvalue weighted by molar-refractivity contribution is 6.00. The largest absolute Gasteiger partial charge is 0.493 e. The first-order valence-electron chi connectivity index (χ1n) is 10.8. The number of hydrogen-bond acceptors (Lipinski definition) is 5. The Labute approximate surface area is 181 Å². The van der Waals surface area contributed by atoms with E-state index in [4.69, 9.17) is 14.2 Å². The van der Waals surface area contributed by atoms with Crippen molar-refractivity contribution >= 4 is 17.5 Å². The Morgan fingerprint density at radius 3 is 2.68 bits per heavy atom. The number of nitrogens with one attached hydrogen (secondary N) is 1. The molecule has 3 aliphatic rings.